The molecule has 0 unspecified atom stereocenters. The van der Waals surface area contributed by atoms with Crippen molar-refractivity contribution in [3.63, 3.8) is 0 Å². The van der Waals surface area contributed by atoms with Crippen molar-refractivity contribution in [3.8, 4) is 0 Å². The van der Waals surface area contributed by atoms with E-state index in [9.17, 15) is 19.5 Å². The predicted molar refractivity (Wildman–Crippen MR) is 83.5 cm³/mol. The second-order valence-corrected chi connectivity index (χ2v) is 6.31. The first-order valence-electron chi connectivity index (χ1n) is 7.52. The van der Waals surface area contributed by atoms with Crippen LogP contribution in [0.15, 0.2) is 0 Å². The lowest BCUT2D eigenvalue weighted by atomic mass is 10.0. The van der Waals surface area contributed by atoms with Gasteiger partial charge in [-0.15, -0.1) is 0 Å². The van der Waals surface area contributed by atoms with Crippen LogP contribution in [-0.2, 0) is 14.4 Å². The molecule has 7 heteroatoms. The number of carbonyl (C=O) groups is 2. The Kier molecular flexibility index (Phi) is 8.89. The Morgan fingerprint density at radius 2 is 1.64 bits per heavy atom. The SMILES string of the molecule is CC(C)C[C@@H]([C]=O)NC(=O)[C@@H](NC(=O)[C@@H](N)[C@@H](C)O)C(C)C. The van der Waals surface area contributed by atoms with E-state index in [0.717, 1.165) is 0 Å². The second kappa shape index (κ2) is 9.53. The zero-order chi connectivity index (χ0) is 17.4. The summed E-state index contributed by atoms with van der Waals surface area (Å²) in [6, 6.07) is -2.66. The summed E-state index contributed by atoms with van der Waals surface area (Å²) < 4.78 is 0. The fourth-order valence-corrected chi connectivity index (χ4v) is 1.87. The van der Waals surface area contributed by atoms with Gasteiger partial charge in [0.25, 0.3) is 0 Å². The molecular weight excluding hydrogens is 286 g/mol. The van der Waals surface area contributed by atoms with Crippen molar-refractivity contribution in [1.82, 2.24) is 10.6 Å². The number of hydrogen-bond donors (Lipinski definition) is 4. The highest BCUT2D eigenvalue weighted by Crippen LogP contribution is 2.07. The molecule has 0 aliphatic rings. The van der Waals surface area contributed by atoms with Crippen molar-refractivity contribution < 1.29 is 19.5 Å². The largest absolute Gasteiger partial charge is 0.391 e. The van der Waals surface area contributed by atoms with E-state index in [1.807, 2.05) is 13.8 Å². The first kappa shape index (κ1) is 20.5. The topological polar surface area (TPSA) is 122 Å². The minimum absolute atomic E-state index is 0.198. The van der Waals surface area contributed by atoms with Gasteiger partial charge >= 0.3 is 0 Å². The quantitative estimate of drug-likeness (QED) is 0.456. The number of aliphatic hydroxyl groups is 1. The van der Waals surface area contributed by atoms with Crippen molar-refractivity contribution >= 4 is 18.1 Å². The maximum Gasteiger partial charge on any atom is 0.243 e. The number of aliphatic hydroxyl groups excluding tert-OH is 1. The molecule has 0 aliphatic carbocycles. The molecule has 0 aromatic carbocycles. The molecule has 5 N–H and O–H groups in total. The fourth-order valence-electron chi connectivity index (χ4n) is 1.87. The average molecular weight is 314 g/mol. The summed E-state index contributed by atoms with van der Waals surface area (Å²) in [5.41, 5.74) is 5.55. The summed E-state index contributed by atoms with van der Waals surface area (Å²) in [5.74, 6) is -1.05. The van der Waals surface area contributed by atoms with E-state index in [4.69, 9.17) is 5.73 Å². The standard InChI is InChI=1S/C15H28N3O4/c1-8(2)6-11(7-19)17-15(22)13(9(3)4)18-14(21)12(16)10(5)20/h8-13,20H,6,16H2,1-5H3,(H,17,22)(H,18,21)/t10-,11+,12+,13+/m1/s1. The number of nitrogens with one attached hydrogen (secondary N) is 2. The number of amides is 2. The molecular formula is C15H28N3O4. The lowest BCUT2D eigenvalue weighted by Gasteiger charge is -2.25. The maximum absolute atomic E-state index is 12.3. The molecule has 22 heavy (non-hydrogen) atoms. The van der Waals surface area contributed by atoms with Crippen LogP contribution in [0.1, 0.15) is 41.0 Å². The number of carbonyl (C=O) groups excluding carboxylic acids is 3. The molecule has 0 heterocycles. The molecule has 0 fully saturated rings. The molecule has 127 valence electrons. The highest BCUT2D eigenvalue weighted by Gasteiger charge is 2.29. The highest BCUT2D eigenvalue weighted by molar-refractivity contribution is 5.91. The highest BCUT2D eigenvalue weighted by atomic mass is 16.3. The van der Waals surface area contributed by atoms with E-state index >= 15 is 0 Å². The van der Waals surface area contributed by atoms with Crippen LogP contribution in [0.25, 0.3) is 0 Å². The van der Waals surface area contributed by atoms with E-state index in [1.165, 1.54) is 6.92 Å². The van der Waals surface area contributed by atoms with Crippen LogP contribution in [0.3, 0.4) is 0 Å². The predicted octanol–water partition coefficient (Wildman–Crippen LogP) is -0.524. The molecule has 0 aromatic rings. The van der Waals surface area contributed by atoms with E-state index in [0.29, 0.717) is 6.42 Å². The Bertz CT molecular complexity index is 383. The third-order valence-corrected chi connectivity index (χ3v) is 3.24. The number of hydrogen-bond acceptors (Lipinski definition) is 5. The Morgan fingerprint density at radius 3 is 2.00 bits per heavy atom. The van der Waals surface area contributed by atoms with Gasteiger partial charge < -0.3 is 21.5 Å². The van der Waals surface area contributed by atoms with Crippen LogP contribution in [0.5, 0.6) is 0 Å². The van der Waals surface area contributed by atoms with Crippen molar-refractivity contribution in [2.45, 2.75) is 65.3 Å². The Morgan fingerprint density at radius 1 is 1.09 bits per heavy atom. The van der Waals surface area contributed by atoms with Gasteiger partial charge in [0.05, 0.1) is 12.1 Å². The molecule has 7 nitrogen and oxygen atoms in total. The maximum atomic E-state index is 12.3. The van der Waals surface area contributed by atoms with Gasteiger partial charge in [0.1, 0.15) is 12.1 Å². The van der Waals surface area contributed by atoms with Gasteiger partial charge in [-0.05, 0) is 25.2 Å². The van der Waals surface area contributed by atoms with E-state index in [1.54, 1.807) is 20.1 Å². The Hall–Kier alpha value is -1.47. The fraction of sp³-hybridized carbons (Fsp3) is 0.800. The zero-order valence-electron chi connectivity index (χ0n) is 13.9. The van der Waals surface area contributed by atoms with Crippen molar-refractivity contribution in [2.24, 2.45) is 17.6 Å². The minimum atomic E-state index is -1.11. The Labute approximate surface area is 132 Å². The lowest BCUT2D eigenvalue weighted by molar-refractivity contribution is -0.132. The molecule has 1 radical (unpaired) electrons. The van der Waals surface area contributed by atoms with E-state index < -0.39 is 36.0 Å². The van der Waals surface area contributed by atoms with Crippen molar-refractivity contribution in [2.75, 3.05) is 0 Å². The summed E-state index contributed by atoms with van der Waals surface area (Å²) >= 11 is 0. The summed E-state index contributed by atoms with van der Waals surface area (Å²) in [6.45, 7) is 8.79. The summed E-state index contributed by atoms with van der Waals surface area (Å²) in [5, 5.41) is 14.4. The molecule has 2 amide bonds. The average Bonchev–Trinajstić information content (AvgIpc) is 2.41. The van der Waals surface area contributed by atoms with Gasteiger partial charge in [-0.2, -0.15) is 0 Å². The number of rotatable bonds is 9. The van der Waals surface area contributed by atoms with Crippen LogP contribution >= 0.6 is 0 Å². The molecule has 0 aliphatic heterocycles. The lowest BCUT2D eigenvalue weighted by Crippen LogP contribution is -2.57. The molecule has 0 rings (SSSR count). The molecule has 4 atom stereocenters. The molecule has 0 bridgehead atoms. The zero-order valence-corrected chi connectivity index (χ0v) is 13.9. The molecule has 0 aromatic heterocycles. The van der Waals surface area contributed by atoms with Gasteiger partial charge in [-0.1, -0.05) is 27.7 Å². The second-order valence-electron chi connectivity index (χ2n) is 6.31. The number of nitrogens with two attached hydrogens (primary N) is 1. The summed E-state index contributed by atoms with van der Waals surface area (Å²) in [6.07, 6.45) is 1.25. The van der Waals surface area contributed by atoms with Gasteiger partial charge in [0.15, 0.2) is 0 Å². The van der Waals surface area contributed by atoms with Crippen LogP contribution in [-0.4, -0.2) is 47.4 Å². The van der Waals surface area contributed by atoms with Gasteiger partial charge in [0.2, 0.25) is 18.1 Å². The monoisotopic (exact) mass is 314 g/mol. The smallest absolute Gasteiger partial charge is 0.243 e. The first-order valence-corrected chi connectivity index (χ1v) is 7.52. The van der Waals surface area contributed by atoms with Crippen LogP contribution < -0.4 is 16.4 Å². The normalized spacial score (nSPS) is 16.8. The third-order valence-electron chi connectivity index (χ3n) is 3.24. The van der Waals surface area contributed by atoms with Gasteiger partial charge in [0, 0.05) is 0 Å². The van der Waals surface area contributed by atoms with Crippen LogP contribution in [0, 0.1) is 11.8 Å². The van der Waals surface area contributed by atoms with Gasteiger partial charge in [-0.3, -0.25) is 14.4 Å². The van der Waals surface area contributed by atoms with Gasteiger partial charge in [-0.25, -0.2) is 0 Å². The molecule has 0 saturated heterocycles. The summed E-state index contributed by atoms with van der Waals surface area (Å²) in [7, 11) is 0. The van der Waals surface area contributed by atoms with Crippen LogP contribution in [0.4, 0.5) is 0 Å². The van der Waals surface area contributed by atoms with Crippen molar-refractivity contribution in [3.05, 3.63) is 0 Å². The molecule has 0 spiro atoms. The third kappa shape index (κ3) is 7.00. The minimum Gasteiger partial charge on any atom is -0.391 e. The van der Waals surface area contributed by atoms with E-state index in [-0.39, 0.29) is 11.8 Å². The Balaban J connectivity index is 4.84. The van der Waals surface area contributed by atoms with Crippen molar-refractivity contribution in [1.29, 1.82) is 0 Å². The van der Waals surface area contributed by atoms with E-state index in [2.05, 4.69) is 10.6 Å². The first-order chi connectivity index (χ1) is 10.1. The molecule has 0 saturated carbocycles. The summed E-state index contributed by atoms with van der Waals surface area (Å²) in [4.78, 5) is 35.0. The van der Waals surface area contributed by atoms with Crippen LogP contribution in [0.2, 0.25) is 0 Å².